The van der Waals surface area contributed by atoms with Crippen LogP contribution in [0.2, 0.25) is 0 Å². The van der Waals surface area contributed by atoms with Crippen molar-refractivity contribution in [1.29, 1.82) is 0 Å². The van der Waals surface area contributed by atoms with E-state index in [1.165, 1.54) is 32.1 Å². The lowest BCUT2D eigenvalue weighted by molar-refractivity contribution is 0.450. The minimum Gasteiger partial charge on any atom is -0.353 e. The van der Waals surface area contributed by atoms with Crippen LogP contribution in [0.3, 0.4) is 0 Å². The Kier molecular flexibility index (Phi) is 4.31. The van der Waals surface area contributed by atoms with Gasteiger partial charge in [-0.05, 0) is 39.5 Å². The second kappa shape index (κ2) is 5.77. The van der Waals surface area contributed by atoms with Crippen LogP contribution in [-0.2, 0) is 0 Å². The van der Waals surface area contributed by atoms with Crippen molar-refractivity contribution in [2.45, 2.75) is 71.9 Å². The third-order valence-electron chi connectivity index (χ3n) is 4.09. The molecule has 2 rings (SSSR count). The quantitative estimate of drug-likeness (QED) is 0.815. The zero-order chi connectivity index (χ0) is 13.1. The monoisotopic (exact) mass is 249 g/mol. The van der Waals surface area contributed by atoms with E-state index < -0.39 is 0 Å². The van der Waals surface area contributed by atoms with E-state index >= 15 is 0 Å². The number of hydrogen-bond acceptors (Lipinski definition) is 2. The Hall–Kier alpha value is -0.990. The minimum absolute atomic E-state index is 0.467. The zero-order valence-electron chi connectivity index (χ0n) is 12.2. The maximum Gasteiger partial charge on any atom is 0.203 e. The lowest BCUT2D eigenvalue weighted by Gasteiger charge is -2.24. The molecule has 0 saturated heterocycles. The van der Waals surface area contributed by atoms with E-state index in [4.69, 9.17) is 0 Å². The topological polar surface area (TPSA) is 29.9 Å². The van der Waals surface area contributed by atoms with Gasteiger partial charge in [0.2, 0.25) is 5.95 Å². The molecular formula is C15H27N3. The van der Waals surface area contributed by atoms with Gasteiger partial charge in [0.15, 0.2) is 0 Å². The summed E-state index contributed by atoms with van der Waals surface area (Å²) in [7, 11) is 0. The van der Waals surface area contributed by atoms with Gasteiger partial charge in [0.1, 0.15) is 0 Å². The molecule has 1 aromatic heterocycles. The molecule has 1 fully saturated rings. The largest absolute Gasteiger partial charge is 0.353 e. The van der Waals surface area contributed by atoms with Crippen molar-refractivity contribution in [1.82, 2.24) is 9.55 Å². The van der Waals surface area contributed by atoms with E-state index in [0.29, 0.717) is 12.1 Å². The smallest absolute Gasteiger partial charge is 0.203 e. The summed E-state index contributed by atoms with van der Waals surface area (Å²) in [6.45, 7) is 8.87. The van der Waals surface area contributed by atoms with E-state index in [-0.39, 0.29) is 0 Å². The molecule has 1 N–H and O–H groups in total. The Morgan fingerprint density at radius 1 is 1.28 bits per heavy atom. The third kappa shape index (κ3) is 3.06. The fraction of sp³-hybridized carbons (Fsp3) is 0.800. The molecule has 0 amide bonds. The van der Waals surface area contributed by atoms with Crippen molar-refractivity contribution in [3.8, 4) is 0 Å². The minimum atomic E-state index is 0.467. The highest BCUT2D eigenvalue weighted by molar-refractivity contribution is 5.31. The Bertz CT molecular complexity index is 381. The van der Waals surface area contributed by atoms with E-state index in [1.54, 1.807) is 0 Å². The highest BCUT2D eigenvalue weighted by Crippen LogP contribution is 2.26. The van der Waals surface area contributed by atoms with Gasteiger partial charge in [-0.3, -0.25) is 0 Å². The average molecular weight is 249 g/mol. The highest BCUT2D eigenvalue weighted by Gasteiger charge is 2.21. The predicted molar refractivity (Wildman–Crippen MR) is 77.0 cm³/mol. The number of aryl methyl sites for hydroxylation is 1. The number of nitrogens with one attached hydrogen (secondary N) is 1. The Morgan fingerprint density at radius 2 is 2.00 bits per heavy atom. The standard InChI is InChI=1S/C15H27N3/c1-11(2)18-10-13(4)16-15(18)17-14-9-7-5-6-8-12(14)3/h10-12,14H,5-9H2,1-4H3,(H,16,17). The number of nitrogens with zero attached hydrogens (tertiary/aromatic N) is 2. The van der Waals surface area contributed by atoms with Crippen molar-refractivity contribution in [3.63, 3.8) is 0 Å². The SMILES string of the molecule is Cc1cn(C(C)C)c(NC2CCCCCC2C)n1. The van der Waals surface area contributed by atoms with Crippen molar-refractivity contribution in [2.75, 3.05) is 5.32 Å². The summed E-state index contributed by atoms with van der Waals surface area (Å²) in [5.74, 6) is 1.81. The Balaban J connectivity index is 2.12. The molecule has 1 saturated carbocycles. The van der Waals surface area contributed by atoms with Gasteiger partial charge < -0.3 is 9.88 Å². The molecule has 3 heteroatoms. The normalized spacial score (nSPS) is 25.2. The molecule has 1 aromatic rings. The second-order valence-electron chi connectivity index (χ2n) is 6.07. The lowest BCUT2D eigenvalue weighted by atomic mass is 9.97. The van der Waals surface area contributed by atoms with Crippen LogP contribution in [0.4, 0.5) is 5.95 Å². The van der Waals surface area contributed by atoms with Crippen molar-refractivity contribution < 1.29 is 0 Å². The molecule has 1 aliphatic rings. The summed E-state index contributed by atoms with van der Waals surface area (Å²) in [5, 5.41) is 3.69. The van der Waals surface area contributed by atoms with Crippen LogP contribution >= 0.6 is 0 Å². The first-order valence-corrected chi connectivity index (χ1v) is 7.40. The molecule has 2 atom stereocenters. The predicted octanol–water partition coefficient (Wildman–Crippen LogP) is 4.15. The first-order valence-electron chi connectivity index (χ1n) is 7.40. The molecule has 0 spiro atoms. The second-order valence-corrected chi connectivity index (χ2v) is 6.07. The maximum absolute atomic E-state index is 4.64. The van der Waals surface area contributed by atoms with Gasteiger partial charge in [0.05, 0.1) is 5.69 Å². The van der Waals surface area contributed by atoms with Crippen LogP contribution in [0, 0.1) is 12.8 Å². The molecule has 0 radical (unpaired) electrons. The highest BCUT2D eigenvalue weighted by atomic mass is 15.2. The van der Waals surface area contributed by atoms with Gasteiger partial charge in [0, 0.05) is 18.3 Å². The molecule has 1 heterocycles. The first kappa shape index (κ1) is 13.4. The molecule has 0 bridgehead atoms. The van der Waals surface area contributed by atoms with Gasteiger partial charge >= 0.3 is 0 Å². The van der Waals surface area contributed by atoms with Crippen LogP contribution in [-0.4, -0.2) is 15.6 Å². The summed E-state index contributed by atoms with van der Waals surface area (Å²) in [5.41, 5.74) is 1.10. The summed E-state index contributed by atoms with van der Waals surface area (Å²) in [6, 6.07) is 1.06. The fourth-order valence-electron chi connectivity index (χ4n) is 2.89. The van der Waals surface area contributed by atoms with Gasteiger partial charge in [-0.25, -0.2) is 4.98 Å². The Morgan fingerprint density at radius 3 is 2.72 bits per heavy atom. The van der Waals surface area contributed by atoms with Crippen LogP contribution in [0.5, 0.6) is 0 Å². The van der Waals surface area contributed by atoms with Gasteiger partial charge in [0.25, 0.3) is 0 Å². The van der Waals surface area contributed by atoms with E-state index in [0.717, 1.165) is 17.6 Å². The zero-order valence-corrected chi connectivity index (χ0v) is 12.2. The molecule has 0 aliphatic heterocycles. The molecule has 2 unspecified atom stereocenters. The van der Waals surface area contributed by atoms with Crippen molar-refractivity contribution >= 4 is 5.95 Å². The number of rotatable bonds is 3. The molecule has 3 nitrogen and oxygen atoms in total. The van der Waals surface area contributed by atoms with Crippen LogP contribution in [0.15, 0.2) is 6.20 Å². The number of aromatic nitrogens is 2. The number of imidazole rings is 1. The van der Waals surface area contributed by atoms with Crippen molar-refractivity contribution in [3.05, 3.63) is 11.9 Å². The maximum atomic E-state index is 4.64. The summed E-state index contributed by atoms with van der Waals surface area (Å²) < 4.78 is 2.26. The molecule has 0 aromatic carbocycles. The first-order chi connectivity index (χ1) is 8.58. The third-order valence-corrected chi connectivity index (χ3v) is 4.09. The average Bonchev–Trinajstić information content (AvgIpc) is 2.56. The van der Waals surface area contributed by atoms with Gasteiger partial charge in [-0.1, -0.05) is 26.2 Å². The summed E-state index contributed by atoms with van der Waals surface area (Å²) >= 11 is 0. The van der Waals surface area contributed by atoms with Crippen LogP contribution < -0.4 is 5.32 Å². The number of anilines is 1. The summed E-state index contributed by atoms with van der Waals surface area (Å²) in [4.78, 5) is 4.64. The van der Waals surface area contributed by atoms with Gasteiger partial charge in [-0.15, -0.1) is 0 Å². The van der Waals surface area contributed by atoms with E-state index in [9.17, 15) is 0 Å². The molecule has 18 heavy (non-hydrogen) atoms. The van der Waals surface area contributed by atoms with Gasteiger partial charge in [-0.2, -0.15) is 0 Å². The van der Waals surface area contributed by atoms with Crippen LogP contribution in [0.25, 0.3) is 0 Å². The number of hydrogen-bond donors (Lipinski definition) is 1. The fourth-order valence-corrected chi connectivity index (χ4v) is 2.89. The van der Waals surface area contributed by atoms with E-state index in [1.807, 2.05) is 0 Å². The van der Waals surface area contributed by atoms with Crippen molar-refractivity contribution in [2.24, 2.45) is 5.92 Å². The molecular weight excluding hydrogens is 222 g/mol. The molecule has 1 aliphatic carbocycles. The lowest BCUT2D eigenvalue weighted by Crippen LogP contribution is -2.28. The van der Waals surface area contributed by atoms with Crippen LogP contribution in [0.1, 0.15) is 64.6 Å². The Labute approximate surface area is 111 Å². The summed E-state index contributed by atoms with van der Waals surface area (Å²) in [6.07, 6.45) is 8.90. The van der Waals surface area contributed by atoms with E-state index in [2.05, 4.69) is 48.8 Å². The molecule has 102 valence electrons.